The molecule has 0 saturated carbocycles. The second kappa shape index (κ2) is 13.7. The predicted octanol–water partition coefficient (Wildman–Crippen LogP) is 8.38. The first kappa shape index (κ1) is 29.4. The number of para-hydroxylation sites is 1. The van der Waals surface area contributed by atoms with Gasteiger partial charge in [0.05, 0.1) is 35.3 Å². The minimum absolute atomic E-state index is 0.0414. The summed E-state index contributed by atoms with van der Waals surface area (Å²) in [7, 11) is 1.62. The standard InChI is InChI=1S/C33H28BrFN2O4S/c1-3-40-29-18-23(17-27(34)31(29)41-21-24-9-7-8-12-28(24)35)19-30-32(38)37(20-22-13-15-26(39-2)16-14-22)33(42-30)36-25-10-5-4-6-11-25/h4-19H,3,20-21H2,1-2H3/b30-19-,36-33?. The van der Waals surface area contributed by atoms with Crippen molar-refractivity contribution in [3.8, 4) is 17.2 Å². The fraction of sp³-hybridized carbons (Fsp3) is 0.152. The second-order valence-electron chi connectivity index (χ2n) is 9.22. The molecule has 214 valence electrons. The van der Waals surface area contributed by atoms with Crippen molar-refractivity contribution in [1.82, 2.24) is 4.90 Å². The van der Waals surface area contributed by atoms with Crippen LogP contribution in [0.4, 0.5) is 10.1 Å². The van der Waals surface area contributed by atoms with Crippen molar-refractivity contribution in [2.75, 3.05) is 13.7 Å². The van der Waals surface area contributed by atoms with E-state index in [1.54, 1.807) is 30.2 Å². The Labute approximate surface area is 257 Å². The van der Waals surface area contributed by atoms with Crippen LogP contribution in [0.1, 0.15) is 23.6 Å². The summed E-state index contributed by atoms with van der Waals surface area (Å²) < 4.78 is 31.9. The number of halogens is 2. The van der Waals surface area contributed by atoms with Crippen molar-refractivity contribution in [3.63, 3.8) is 0 Å². The molecule has 0 aromatic heterocycles. The number of ether oxygens (including phenoxy) is 3. The Bertz CT molecular complexity index is 1630. The zero-order chi connectivity index (χ0) is 29.5. The summed E-state index contributed by atoms with van der Waals surface area (Å²) in [6.07, 6.45) is 1.81. The van der Waals surface area contributed by atoms with E-state index in [1.165, 1.54) is 17.8 Å². The lowest BCUT2D eigenvalue weighted by Crippen LogP contribution is -2.28. The minimum atomic E-state index is -0.336. The molecule has 4 aromatic rings. The maximum absolute atomic E-state index is 14.2. The highest BCUT2D eigenvalue weighted by atomic mass is 79.9. The second-order valence-corrected chi connectivity index (χ2v) is 11.1. The van der Waals surface area contributed by atoms with E-state index in [2.05, 4.69) is 15.9 Å². The highest BCUT2D eigenvalue weighted by Crippen LogP contribution is 2.40. The van der Waals surface area contributed by atoms with Crippen LogP contribution >= 0.6 is 27.7 Å². The average Bonchev–Trinajstić information content (AvgIpc) is 3.27. The fourth-order valence-electron chi connectivity index (χ4n) is 4.25. The van der Waals surface area contributed by atoms with Gasteiger partial charge in [-0.1, -0.05) is 48.5 Å². The molecule has 1 saturated heterocycles. The van der Waals surface area contributed by atoms with Gasteiger partial charge in [0.15, 0.2) is 16.7 Å². The third-order valence-corrected chi connectivity index (χ3v) is 7.92. The molecule has 0 atom stereocenters. The lowest BCUT2D eigenvalue weighted by molar-refractivity contribution is -0.122. The number of benzene rings is 4. The van der Waals surface area contributed by atoms with Gasteiger partial charge in [0, 0.05) is 5.56 Å². The molecule has 1 fully saturated rings. The first-order valence-corrected chi connectivity index (χ1v) is 14.9. The molecule has 5 rings (SSSR count). The van der Waals surface area contributed by atoms with E-state index in [0.717, 1.165) is 22.6 Å². The van der Waals surface area contributed by atoms with E-state index in [4.69, 9.17) is 19.2 Å². The maximum atomic E-state index is 14.2. The third kappa shape index (κ3) is 7.03. The Morgan fingerprint density at radius 1 is 0.976 bits per heavy atom. The maximum Gasteiger partial charge on any atom is 0.267 e. The highest BCUT2D eigenvalue weighted by Gasteiger charge is 2.33. The van der Waals surface area contributed by atoms with Crippen molar-refractivity contribution in [3.05, 3.63) is 123 Å². The number of nitrogens with zero attached hydrogens (tertiary/aromatic N) is 2. The summed E-state index contributed by atoms with van der Waals surface area (Å²) in [5.41, 5.74) is 2.88. The van der Waals surface area contributed by atoms with Crippen LogP contribution in [0.5, 0.6) is 17.2 Å². The van der Waals surface area contributed by atoms with Gasteiger partial charge >= 0.3 is 0 Å². The van der Waals surface area contributed by atoms with E-state index >= 15 is 0 Å². The molecular formula is C33H28BrFN2O4S. The topological polar surface area (TPSA) is 60.4 Å². The number of amides is 1. The number of methoxy groups -OCH3 is 1. The van der Waals surface area contributed by atoms with E-state index in [0.29, 0.717) is 44.8 Å². The van der Waals surface area contributed by atoms with Crippen LogP contribution in [-0.2, 0) is 17.9 Å². The number of hydrogen-bond donors (Lipinski definition) is 0. The van der Waals surface area contributed by atoms with Crippen LogP contribution in [0.3, 0.4) is 0 Å². The van der Waals surface area contributed by atoms with Gasteiger partial charge in [0.2, 0.25) is 0 Å². The normalized spacial score (nSPS) is 15.0. The summed E-state index contributed by atoms with van der Waals surface area (Å²) in [5, 5.41) is 0.585. The van der Waals surface area contributed by atoms with Gasteiger partial charge in [0.25, 0.3) is 5.91 Å². The Morgan fingerprint density at radius 2 is 1.71 bits per heavy atom. The number of carbonyl (C=O) groups is 1. The molecule has 1 aliphatic heterocycles. The van der Waals surface area contributed by atoms with Gasteiger partial charge < -0.3 is 14.2 Å². The molecule has 1 amide bonds. The molecule has 0 unspecified atom stereocenters. The first-order valence-electron chi connectivity index (χ1n) is 13.3. The molecule has 6 nitrogen and oxygen atoms in total. The summed E-state index contributed by atoms with van der Waals surface area (Å²) in [4.78, 5) is 20.7. The van der Waals surface area contributed by atoms with Crippen molar-refractivity contribution in [2.45, 2.75) is 20.1 Å². The van der Waals surface area contributed by atoms with Gasteiger partial charge in [-0.2, -0.15) is 0 Å². The van der Waals surface area contributed by atoms with E-state index < -0.39 is 0 Å². The molecule has 4 aromatic carbocycles. The van der Waals surface area contributed by atoms with Crippen LogP contribution < -0.4 is 14.2 Å². The molecule has 0 N–H and O–H groups in total. The Kier molecular flexibility index (Phi) is 9.61. The van der Waals surface area contributed by atoms with Gasteiger partial charge in [-0.3, -0.25) is 9.69 Å². The van der Waals surface area contributed by atoms with Crippen LogP contribution in [-0.4, -0.2) is 29.7 Å². The zero-order valence-electron chi connectivity index (χ0n) is 23.1. The predicted molar refractivity (Wildman–Crippen MR) is 169 cm³/mol. The summed E-state index contributed by atoms with van der Waals surface area (Å²) in [6, 6.07) is 27.3. The Balaban J connectivity index is 1.45. The molecule has 1 heterocycles. The molecule has 0 radical (unpaired) electrons. The molecule has 0 spiro atoms. The Morgan fingerprint density at radius 3 is 2.43 bits per heavy atom. The van der Waals surface area contributed by atoms with Crippen LogP contribution in [0.2, 0.25) is 0 Å². The van der Waals surface area contributed by atoms with Gasteiger partial charge in [-0.25, -0.2) is 9.38 Å². The van der Waals surface area contributed by atoms with Crippen molar-refractivity contribution >= 4 is 50.5 Å². The fourth-order valence-corrected chi connectivity index (χ4v) is 5.82. The van der Waals surface area contributed by atoms with Crippen molar-refractivity contribution < 1.29 is 23.4 Å². The lowest BCUT2D eigenvalue weighted by Gasteiger charge is -2.16. The van der Waals surface area contributed by atoms with Gasteiger partial charge in [-0.15, -0.1) is 0 Å². The first-order chi connectivity index (χ1) is 20.4. The summed E-state index contributed by atoms with van der Waals surface area (Å²) in [6.45, 7) is 2.68. The number of aliphatic imine (C=N–C) groups is 1. The summed E-state index contributed by atoms with van der Waals surface area (Å²) >= 11 is 4.90. The number of amidine groups is 1. The quantitative estimate of drug-likeness (QED) is 0.162. The van der Waals surface area contributed by atoms with Crippen molar-refractivity contribution in [1.29, 1.82) is 0 Å². The highest BCUT2D eigenvalue weighted by molar-refractivity contribution is 9.10. The van der Waals surface area contributed by atoms with E-state index in [1.807, 2.05) is 79.7 Å². The van der Waals surface area contributed by atoms with Crippen molar-refractivity contribution in [2.24, 2.45) is 4.99 Å². The van der Waals surface area contributed by atoms with Crippen LogP contribution in [0, 0.1) is 5.82 Å². The molecule has 42 heavy (non-hydrogen) atoms. The largest absolute Gasteiger partial charge is 0.497 e. The molecule has 0 bridgehead atoms. The number of carbonyl (C=O) groups excluding carboxylic acids is 1. The smallest absolute Gasteiger partial charge is 0.267 e. The number of hydrogen-bond acceptors (Lipinski definition) is 6. The molecule has 0 aliphatic carbocycles. The average molecular weight is 648 g/mol. The minimum Gasteiger partial charge on any atom is -0.497 e. The SMILES string of the molecule is CCOc1cc(/C=C2\SC(=Nc3ccccc3)N(Cc3ccc(OC)cc3)C2=O)cc(Br)c1OCc1ccccc1F. The number of rotatable bonds is 10. The lowest BCUT2D eigenvalue weighted by atomic mass is 10.1. The van der Waals surface area contributed by atoms with Gasteiger partial charge in [-0.05, 0) is 94.3 Å². The van der Waals surface area contributed by atoms with Crippen LogP contribution in [0.25, 0.3) is 6.08 Å². The summed E-state index contributed by atoms with van der Waals surface area (Å²) in [5.74, 6) is 1.20. The van der Waals surface area contributed by atoms with Crippen LogP contribution in [0.15, 0.2) is 105 Å². The third-order valence-electron chi connectivity index (χ3n) is 6.33. The molecular weight excluding hydrogens is 619 g/mol. The zero-order valence-corrected chi connectivity index (χ0v) is 25.5. The van der Waals surface area contributed by atoms with Gasteiger partial charge in [0.1, 0.15) is 18.2 Å². The Hall–Kier alpha value is -4.08. The monoisotopic (exact) mass is 646 g/mol. The molecule has 9 heteroatoms. The molecule has 1 aliphatic rings. The number of thioether (sulfide) groups is 1. The van der Waals surface area contributed by atoms with E-state index in [-0.39, 0.29) is 18.3 Å². The van der Waals surface area contributed by atoms with E-state index in [9.17, 15) is 9.18 Å².